The highest BCUT2D eigenvalue weighted by Crippen LogP contribution is 2.33. The number of carbonyl (C=O) groups is 2. The van der Waals surface area contributed by atoms with E-state index >= 15 is 0 Å². The van der Waals surface area contributed by atoms with Crippen molar-refractivity contribution in [2.75, 3.05) is 24.0 Å². The summed E-state index contributed by atoms with van der Waals surface area (Å²) in [7, 11) is -4.23. The van der Waals surface area contributed by atoms with Gasteiger partial charge in [0.05, 0.1) is 17.2 Å². The van der Waals surface area contributed by atoms with E-state index in [1.54, 1.807) is 42.5 Å². The van der Waals surface area contributed by atoms with E-state index in [0.717, 1.165) is 19.9 Å². The van der Waals surface area contributed by atoms with Crippen molar-refractivity contribution in [3.05, 3.63) is 125 Å². The number of nitrogens with zero attached hydrogens (tertiary/aromatic N) is 2. The number of rotatable bonds is 15. The molecule has 1 unspecified atom stereocenters. The summed E-state index contributed by atoms with van der Waals surface area (Å²) in [4.78, 5) is 30.0. The Morgan fingerprint density at radius 2 is 1.43 bits per heavy atom. The molecule has 4 aromatic carbocycles. The first-order valence-corrected chi connectivity index (χ1v) is 17.5. The Morgan fingerprint density at radius 1 is 0.826 bits per heavy atom. The zero-order chi connectivity index (χ0) is 33.1. The van der Waals surface area contributed by atoms with Gasteiger partial charge in [-0.15, -0.1) is 0 Å². The molecule has 4 rings (SSSR count). The fourth-order valence-corrected chi connectivity index (χ4v) is 6.65. The average molecular weight is 707 g/mol. The molecule has 0 saturated heterocycles. The second kappa shape index (κ2) is 16.4. The smallest absolute Gasteiger partial charge is 0.264 e. The Hall–Kier alpha value is -4.15. The number of sulfonamides is 1. The van der Waals surface area contributed by atoms with Crippen molar-refractivity contribution >= 4 is 43.5 Å². The van der Waals surface area contributed by atoms with Crippen LogP contribution in [0.4, 0.5) is 5.69 Å². The second-order valence-electron chi connectivity index (χ2n) is 11.2. The van der Waals surface area contributed by atoms with Crippen LogP contribution < -0.4 is 14.4 Å². The van der Waals surface area contributed by atoms with Crippen LogP contribution >= 0.6 is 15.9 Å². The molecule has 1 N–H and O–H groups in total. The summed E-state index contributed by atoms with van der Waals surface area (Å²) >= 11 is 3.46. The van der Waals surface area contributed by atoms with Gasteiger partial charge in [-0.1, -0.05) is 103 Å². The average Bonchev–Trinajstić information content (AvgIpc) is 3.06. The predicted molar refractivity (Wildman–Crippen MR) is 185 cm³/mol. The number of carbonyl (C=O) groups excluding carboxylic acids is 2. The van der Waals surface area contributed by atoms with E-state index in [1.165, 1.54) is 17.0 Å². The van der Waals surface area contributed by atoms with E-state index in [9.17, 15) is 18.0 Å². The predicted octanol–water partition coefficient (Wildman–Crippen LogP) is 6.46. The lowest BCUT2D eigenvalue weighted by molar-refractivity contribution is -0.140. The van der Waals surface area contributed by atoms with Crippen LogP contribution in [0.1, 0.15) is 31.9 Å². The molecule has 0 spiro atoms. The molecule has 242 valence electrons. The van der Waals surface area contributed by atoms with Crippen LogP contribution in [-0.4, -0.2) is 50.9 Å². The number of hydrogen-bond acceptors (Lipinski definition) is 5. The summed E-state index contributed by atoms with van der Waals surface area (Å²) in [5, 5.41) is 3.01. The summed E-state index contributed by atoms with van der Waals surface area (Å²) in [6.45, 7) is 6.07. The Kier molecular flexibility index (Phi) is 12.4. The maximum atomic E-state index is 14.6. The van der Waals surface area contributed by atoms with E-state index in [1.807, 2.05) is 75.4 Å². The molecule has 0 bridgehead atoms. The number of benzene rings is 4. The summed E-state index contributed by atoms with van der Waals surface area (Å²) in [5.74, 6) is -0.324. The molecule has 0 saturated carbocycles. The third-order valence-electron chi connectivity index (χ3n) is 7.27. The highest BCUT2D eigenvalue weighted by molar-refractivity contribution is 9.10. The number of halogens is 1. The Morgan fingerprint density at radius 3 is 2.07 bits per heavy atom. The third kappa shape index (κ3) is 9.20. The minimum Gasteiger partial charge on any atom is -0.492 e. The van der Waals surface area contributed by atoms with Crippen molar-refractivity contribution in [3.8, 4) is 5.75 Å². The number of para-hydroxylation sites is 2. The van der Waals surface area contributed by atoms with Crippen molar-refractivity contribution < 1.29 is 22.7 Å². The van der Waals surface area contributed by atoms with E-state index < -0.39 is 28.5 Å². The second-order valence-corrected chi connectivity index (χ2v) is 14.0. The van der Waals surface area contributed by atoms with Gasteiger partial charge >= 0.3 is 0 Å². The van der Waals surface area contributed by atoms with Gasteiger partial charge in [0.15, 0.2) is 0 Å². The fourth-order valence-electron chi connectivity index (χ4n) is 4.94. The molecule has 0 aliphatic heterocycles. The lowest BCUT2D eigenvalue weighted by atomic mass is 10.0. The van der Waals surface area contributed by atoms with E-state index in [4.69, 9.17) is 4.74 Å². The Labute approximate surface area is 280 Å². The summed E-state index contributed by atoms with van der Waals surface area (Å²) < 4.78 is 36.2. The van der Waals surface area contributed by atoms with Gasteiger partial charge in [-0.05, 0) is 60.4 Å². The van der Waals surface area contributed by atoms with Crippen molar-refractivity contribution in [3.63, 3.8) is 0 Å². The molecule has 10 heteroatoms. The van der Waals surface area contributed by atoms with Crippen LogP contribution in [0.25, 0.3) is 0 Å². The molecular weight excluding hydrogens is 666 g/mol. The first-order valence-electron chi connectivity index (χ1n) is 15.2. The van der Waals surface area contributed by atoms with Crippen molar-refractivity contribution in [2.24, 2.45) is 5.92 Å². The van der Waals surface area contributed by atoms with Gasteiger partial charge < -0.3 is 15.0 Å². The molecule has 2 amide bonds. The van der Waals surface area contributed by atoms with Crippen molar-refractivity contribution in [1.82, 2.24) is 10.2 Å². The summed E-state index contributed by atoms with van der Waals surface area (Å²) in [6.07, 6.45) is 0.244. The number of amides is 2. The standard InChI is InChI=1S/C36H40BrN3O5S/c1-4-45-34-18-12-11-17-32(34)40(46(43,44)31-15-9-6-10-16-31)26-35(41)39(25-29-19-21-30(37)22-20-29)33(36(42)38-24-27(2)3)23-28-13-7-5-8-14-28/h5-22,27,33H,4,23-26H2,1-3H3,(H,38,42). The highest BCUT2D eigenvalue weighted by atomic mass is 79.9. The van der Waals surface area contributed by atoms with E-state index in [0.29, 0.717) is 18.9 Å². The van der Waals surface area contributed by atoms with Gasteiger partial charge in [-0.2, -0.15) is 0 Å². The van der Waals surface area contributed by atoms with Gasteiger partial charge in [0.1, 0.15) is 18.3 Å². The van der Waals surface area contributed by atoms with Crippen LogP contribution in [0.2, 0.25) is 0 Å². The lowest BCUT2D eigenvalue weighted by Gasteiger charge is -2.34. The lowest BCUT2D eigenvalue weighted by Crippen LogP contribution is -2.53. The van der Waals surface area contributed by atoms with Gasteiger partial charge in [0, 0.05) is 24.0 Å². The minimum absolute atomic E-state index is 0.0315. The van der Waals surface area contributed by atoms with Gasteiger partial charge in [-0.25, -0.2) is 8.42 Å². The zero-order valence-corrected chi connectivity index (χ0v) is 28.7. The molecule has 0 aliphatic carbocycles. The largest absolute Gasteiger partial charge is 0.492 e. The SMILES string of the molecule is CCOc1ccccc1N(CC(=O)N(Cc1ccc(Br)cc1)C(Cc1ccccc1)C(=O)NCC(C)C)S(=O)(=O)c1ccccc1. The maximum absolute atomic E-state index is 14.6. The maximum Gasteiger partial charge on any atom is 0.264 e. The summed E-state index contributed by atoms with van der Waals surface area (Å²) in [5.41, 5.74) is 1.89. The quantitative estimate of drug-likeness (QED) is 0.153. The number of ether oxygens (including phenoxy) is 1. The fraction of sp³-hybridized carbons (Fsp3) is 0.278. The molecule has 1 atom stereocenters. The van der Waals surface area contributed by atoms with E-state index in [2.05, 4.69) is 21.2 Å². The molecular formula is C36H40BrN3O5S. The molecule has 8 nitrogen and oxygen atoms in total. The zero-order valence-electron chi connectivity index (χ0n) is 26.3. The van der Waals surface area contributed by atoms with Crippen LogP contribution in [0.5, 0.6) is 5.75 Å². The minimum atomic E-state index is -4.23. The molecule has 4 aromatic rings. The van der Waals surface area contributed by atoms with Crippen LogP contribution in [0.3, 0.4) is 0 Å². The molecule has 0 heterocycles. The Balaban J connectivity index is 1.82. The first-order chi connectivity index (χ1) is 22.1. The van der Waals surface area contributed by atoms with Crippen LogP contribution in [0.15, 0.2) is 119 Å². The first kappa shape index (κ1) is 34.7. The molecule has 0 fully saturated rings. The molecule has 0 radical (unpaired) electrons. The van der Waals surface area contributed by atoms with Crippen molar-refractivity contribution in [2.45, 2.75) is 44.7 Å². The Bertz CT molecular complexity index is 1680. The molecule has 0 aliphatic rings. The number of nitrogens with one attached hydrogen (secondary N) is 1. The van der Waals surface area contributed by atoms with Crippen LogP contribution in [0, 0.1) is 5.92 Å². The monoisotopic (exact) mass is 705 g/mol. The third-order valence-corrected chi connectivity index (χ3v) is 9.57. The van der Waals surface area contributed by atoms with Crippen molar-refractivity contribution in [1.29, 1.82) is 0 Å². The topological polar surface area (TPSA) is 96.0 Å². The molecule has 46 heavy (non-hydrogen) atoms. The van der Waals surface area contributed by atoms with Crippen LogP contribution in [-0.2, 0) is 32.6 Å². The normalized spacial score (nSPS) is 11.9. The van der Waals surface area contributed by atoms with Gasteiger partial charge in [-0.3, -0.25) is 13.9 Å². The number of anilines is 1. The van der Waals surface area contributed by atoms with Gasteiger partial charge in [0.2, 0.25) is 11.8 Å². The van der Waals surface area contributed by atoms with Gasteiger partial charge in [0.25, 0.3) is 10.0 Å². The molecule has 0 aromatic heterocycles. The summed E-state index contributed by atoms with van der Waals surface area (Å²) in [6, 6.07) is 30.8. The highest BCUT2D eigenvalue weighted by Gasteiger charge is 2.35. The number of hydrogen-bond donors (Lipinski definition) is 1. The van der Waals surface area contributed by atoms with E-state index in [-0.39, 0.29) is 35.4 Å².